The highest BCUT2D eigenvalue weighted by Crippen LogP contribution is 2.42. The third-order valence-corrected chi connectivity index (χ3v) is 8.90. The van der Waals surface area contributed by atoms with E-state index in [9.17, 15) is 32.7 Å². The summed E-state index contributed by atoms with van der Waals surface area (Å²) in [4.78, 5) is 38.9. The molecule has 0 bridgehead atoms. The molecule has 2 amide bonds. The van der Waals surface area contributed by atoms with Gasteiger partial charge in [0.15, 0.2) is 0 Å². The lowest BCUT2D eigenvalue weighted by molar-refractivity contribution is -0.137. The molecule has 0 aliphatic heterocycles. The number of halogens is 7. The summed E-state index contributed by atoms with van der Waals surface area (Å²) >= 11 is 25.3. The van der Waals surface area contributed by atoms with Crippen molar-refractivity contribution in [3.8, 4) is 0 Å². The highest BCUT2D eigenvalue weighted by atomic mass is 35.5. The van der Waals surface area contributed by atoms with Crippen molar-refractivity contribution in [3.63, 3.8) is 0 Å². The fraction of sp³-hybridized carbons (Fsp3) is 0.0690. The first kappa shape index (κ1) is 32.5. The molecule has 4 aromatic carbocycles. The molecule has 0 radical (unpaired) electrons. The topological polar surface area (TPSA) is 95.5 Å². The second-order valence-electron chi connectivity index (χ2n) is 8.77. The monoisotopic (exact) mass is 686 g/mol. The minimum absolute atomic E-state index is 0.0335. The summed E-state index contributed by atoms with van der Waals surface area (Å²) in [7, 11) is 0. The molecule has 4 rings (SSSR count). The molecule has 6 nitrogen and oxygen atoms in total. The lowest BCUT2D eigenvalue weighted by Crippen LogP contribution is -2.19. The zero-order chi connectivity index (χ0) is 31.5. The van der Waals surface area contributed by atoms with Gasteiger partial charge in [0.1, 0.15) is 5.25 Å². The Labute approximate surface area is 267 Å². The van der Waals surface area contributed by atoms with Crippen molar-refractivity contribution in [1.82, 2.24) is 0 Å². The second kappa shape index (κ2) is 13.5. The average Bonchev–Trinajstić information content (AvgIpc) is 2.96. The Morgan fingerprint density at radius 2 is 1.30 bits per heavy atom. The smallest absolute Gasteiger partial charge is 0.416 e. The highest BCUT2D eigenvalue weighted by molar-refractivity contribution is 8.00. The number of carboxylic acids is 1. The lowest BCUT2D eigenvalue weighted by atomic mass is 10.1. The summed E-state index contributed by atoms with van der Waals surface area (Å²) in [5, 5.41) is 12.3. The van der Waals surface area contributed by atoms with E-state index >= 15 is 0 Å². The first-order valence-corrected chi connectivity index (χ1v) is 14.4. The van der Waals surface area contributed by atoms with Crippen LogP contribution in [0, 0.1) is 0 Å². The van der Waals surface area contributed by atoms with Crippen LogP contribution in [0.25, 0.3) is 0 Å². The van der Waals surface area contributed by atoms with Crippen LogP contribution in [0.1, 0.15) is 37.1 Å². The second-order valence-corrected chi connectivity index (χ2v) is 11.5. The molecule has 3 N–H and O–H groups in total. The van der Waals surface area contributed by atoms with Crippen LogP contribution in [0.3, 0.4) is 0 Å². The molecule has 0 spiro atoms. The van der Waals surface area contributed by atoms with Crippen LogP contribution in [-0.4, -0.2) is 22.9 Å². The van der Waals surface area contributed by atoms with E-state index in [0.717, 1.165) is 23.9 Å². The first-order valence-electron chi connectivity index (χ1n) is 12.0. The third-order valence-electron chi connectivity index (χ3n) is 5.85. The summed E-state index contributed by atoms with van der Waals surface area (Å²) in [6.45, 7) is 0. The Hall–Kier alpha value is -3.41. The average molecular weight is 688 g/mol. The van der Waals surface area contributed by atoms with Crippen molar-refractivity contribution in [2.75, 3.05) is 10.6 Å². The summed E-state index contributed by atoms with van der Waals surface area (Å²) in [6, 6.07) is 19.1. The number of rotatable bonds is 8. The maximum atomic E-state index is 13.4. The van der Waals surface area contributed by atoms with Gasteiger partial charge in [-0.2, -0.15) is 13.2 Å². The summed E-state index contributed by atoms with van der Waals surface area (Å²) in [6.07, 6.45) is -4.59. The fourth-order valence-electron chi connectivity index (χ4n) is 3.90. The van der Waals surface area contributed by atoms with Crippen LogP contribution in [0.15, 0.2) is 83.8 Å². The lowest BCUT2D eigenvalue weighted by Gasteiger charge is -2.18. The normalized spacial score (nSPS) is 12.0. The van der Waals surface area contributed by atoms with Gasteiger partial charge < -0.3 is 15.7 Å². The molecule has 0 saturated carbocycles. The molecule has 1 atom stereocenters. The van der Waals surface area contributed by atoms with Crippen LogP contribution in [0.2, 0.25) is 20.1 Å². The molecule has 4 aromatic rings. The van der Waals surface area contributed by atoms with Gasteiger partial charge in [0.05, 0.1) is 36.8 Å². The van der Waals surface area contributed by atoms with E-state index in [2.05, 4.69) is 10.6 Å². The van der Waals surface area contributed by atoms with Gasteiger partial charge in [-0.05, 0) is 42.0 Å². The standard InChI is InChI=1S/C29H17Cl4F3N2O4S/c30-21-19(20(28(41)42)22(31)24(33)23(21)32)26(39)37-17-10-5-11-18(13-17)43-25(14-6-2-1-3-7-14)27(40)38-16-9-4-8-15(12-16)29(34,35)36/h1-13,25H,(H,37,39)(H,38,40)(H,41,42). The number of benzene rings is 4. The fourth-order valence-corrected chi connectivity index (χ4v) is 6.01. The number of alkyl halides is 3. The first-order chi connectivity index (χ1) is 20.3. The molecule has 0 aliphatic carbocycles. The molecule has 222 valence electrons. The van der Waals surface area contributed by atoms with Crippen LogP contribution < -0.4 is 10.6 Å². The number of amides is 2. The number of carbonyl (C=O) groups excluding carboxylic acids is 2. The molecule has 14 heteroatoms. The minimum Gasteiger partial charge on any atom is -0.478 e. The van der Waals surface area contributed by atoms with Gasteiger partial charge in [-0.15, -0.1) is 11.8 Å². The molecular formula is C29H17Cl4F3N2O4S. The van der Waals surface area contributed by atoms with Gasteiger partial charge in [-0.3, -0.25) is 9.59 Å². The van der Waals surface area contributed by atoms with Crippen molar-refractivity contribution < 1.29 is 32.7 Å². The molecule has 0 aliphatic rings. The van der Waals surface area contributed by atoms with Crippen LogP contribution in [0.4, 0.5) is 24.5 Å². The number of carbonyl (C=O) groups is 3. The van der Waals surface area contributed by atoms with Gasteiger partial charge in [0.2, 0.25) is 5.91 Å². The molecule has 0 heterocycles. The maximum absolute atomic E-state index is 13.4. The number of anilines is 2. The Balaban J connectivity index is 1.62. The van der Waals surface area contributed by atoms with Gasteiger partial charge in [0.25, 0.3) is 5.91 Å². The van der Waals surface area contributed by atoms with Crippen molar-refractivity contribution >= 4 is 87.3 Å². The Morgan fingerprint density at radius 1 is 0.721 bits per heavy atom. The highest BCUT2D eigenvalue weighted by Gasteiger charge is 2.31. The van der Waals surface area contributed by atoms with E-state index < -0.39 is 55.9 Å². The molecule has 0 aromatic heterocycles. The van der Waals surface area contributed by atoms with Crippen LogP contribution >= 0.6 is 58.2 Å². The van der Waals surface area contributed by atoms with E-state index in [1.54, 1.807) is 42.5 Å². The van der Waals surface area contributed by atoms with E-state index in [-0.39, 0.29) is 21.4 Å². The zero-order valence-corrected chi connectivity index (χ0v) is 25.1. The molecule has 1 unspecified atom stereocenters. The number of nitrogens with one attached hydrogen (secondary N) is 2. The largest absolute Gasteiger partial charge is 0.478 e. The Kier molecular flexibility index (Phi) is 10.2. The van der Waals surface area contributed by atoms with Crippen molar-refractivity contribution in [3.05, 3.63) is 121 Å². The summed E-state index contributed by atoms with van der Waals surface area (Å²) in [5.41, 5.74) is -1.32. The van der Waals surface area contributed by atoms with Crippen molar-refractivity contribution in [1.29, 1.82) is 0 Å². The van der Waals surface area contributed by atoms with Gasteiger partial charge in [-0.1, -0.05) is 88.9 Å². The Morgan fingerprint density at radius 3 is 1.91 bits per heavy atom. The Bertz CT molecular complexity index is 1720. The molecule has 0 fully saturated rings. The number of carboxylic acid groups (broad SMARTS) is 1. The summed E-state index contributed by atoms with van der Waals surface area (Å²) < 4.78 is 39.6. The predicted molar refractivity (Wildman–Crippen MR) is 163 cm³/mol. The molecule has 43 heavy (non-hydrogen) atoms. The van der Waals surface area contributed by atoms with Gasteiger partial charge >= 0.3 is 12.1 Å². The SMILES string of the molecule is O=C(O)c1c(Cl)c(Cl)c(Cl)c(Cl)c1C(=O)Nc1cccc(SC(C(=O)Nc2cccc(C(F)(F)F)c2)c2ccccc2)c1. The van der Waals surface area contributed by atoms with Gasteiger partial charge in [-0.25, -0.2) is 4.79 Å². The molecule has 0 saturated heterocycles. The van der Waals surface area contributed by atoms with E-state index in [1.807, 2.05) is 0 Å². The van der Waals surface area contributed by atoms with E-state index in [0.29, 0.717) is 10.5 Å². The van der Waals surface area contributed by atoms with Crippen molar-refractivity contribution in [2.45, 2.75) is 16.3 Å². The number of hydrogen-bond acceptors (Lipinski definition) is 4. The van der Waals surface area contributed by atoms with Crippen LogP contribution in [0.5, 0.6) is 0 Å². The number of aromatic carboxylic acids is 1. The molecular weight excluding hydrogens is 671 g/mol. The van der Waals surface area contributed by atoms with Crippen molar-refractivity contribution in [2.24, 2.45) is 0 Å². The number of hydrogen-bond donors (Lipinski definition) is 3. The van der Waals surface area contributed by atoms with E-state index in [4.69, 9.17) is 46.4 Å². The van der Waals surface area contributed by atoms with Crippen LogP contribution in [-0.2, 0) is 11.0 Å². The predicted octanol–water partition coefficient (Wildman–Crippen LogP) is 9.74. The van der Waals surface area contributed by atoms with Gasteiger partial charge in [0, 0.05) is 16.3 Å². The minimum atomic E-state index is -4.59. The number of thioether (sulfide) groups is 1. The zero-order valence-electron chi connectivity index (χ0n) is 21.3. The third kappa shape index (κ3) is 7.57. The quantitative estimate of drug-likeness (QED) is 0.0974. The maximum Gasteiger partial charge on any atom is 0.416 e. The summed E-state index contributed by atoms with van der Waals surface area (Å²) in [5.74, 6) is -3.09. The van der Waals surface area contributed by atoms with E-state index in [1.165, 1.54) is 24.3 Å².